The molecule has 7 nitrogen and oxygen atoms in total. The third-order valence-corrected chi connectivity index (χ3v) is 4.37. The van der Waals surface area contributed by atoms with Gasteiger partial charge in [0.15, 0.2) is 0 Å². The van der Waals surface area contributed by atoms with Gasteiger partial charge in [-0.25, -0.2) is 9.59 Å². The molecular formula is C14H23NO6Si. The molecule has 0 saturated carbocycles. The topological polar surface area (TPSA) is 95.7 Å². The summed E-state index contributed by atoms with van der Waals surface area (Å²) in [4.78, 5) is 32.8. The molecule has 0 heterocycles. The number of allylic oxidation sites excluding steroid dienone is 2. The smallest absolute Gasteiger partial charge is 0.381 e. The highest BCUT2D eigenvalue weighted by Gasteiger charge is 2.30. The lowest BCUT2D eigenvalue weighted by Crippen LogP contribution is -2.32. The molecule has 0 aliphatic carbocycles. The second kappa shape index (κ2) is 9.88. The molecule has 0 bridgehead atoms. The van der Waals surface area contributed by atoms with Crippen LogP contribution in [-0.2, 0) is 19.1 Å². The van der Waals surface area contributed by atoms with Crippen molar-refractivity contribution in [1.29, 1.82) is 0 Å². The van der Waals surface area contributed by atoms with Gasteiger partial charge in [-0.05, 0) is 6.04 Å². The maximum Gasteiger partial charge on any atom is 0.381 e. The van der Waals surface area contributed by atoms with Crippen molar-refractivity contribution in [3.8, 4) is 0 Å². The quantitative estimate of drug-likeness (QED) is 0.161. The van der Waals surface area contributed by atoms with Crippen molar-refractivity contribution in [3.63, 3.8) is 0 Å². The van der Waals surface area contributed by atoms with Gasteiger partial charge in [-0.3, -0.25) is 10.1 Å². The van der Waals surface area contributed by atoms with E-state index in [2.05, 4.69) is 24.4 Å². The lowest BCUT2D eigenvalue weighted by molar-refractivity contribution is -0.509. The minimum atomic E-state index is -1.43. The van der Waals surface area contributed by atoms with E-state index in [1.165, 1.54) is 31.4 Å². The van der Waals surface area contributed by atoms with E-state index in [9.17, 15) is 19.7 Å². The first-order chi connectivity index (χ1) is 10.2. The van der Waals surface area contributed by atoms with Gasteiger partial charge >= 0.3 is 18.0 Å². The zero-order valence-corrected chi connectivity index (χ0v) is 14.4. The molecule has 22 heavy (non-hydrogen) atoms. The van der Waals surface area contributed by atoms with Gasteiger partial charge in [-0.2, -0.15) is 0 Å². The molecule has 0 saturated heterocycles. The second-order valence-corrected chi connectivity index (χ2v) is 11.4. The summed E-state index contributed by atoms with van der Waals surface area (Å²) in [6, 6.07) is -0.662. The fourth-order valence-electron chi connectivity index (χ4n) is 1.31. The monoisotopic (exact) mass is 329 g/mol. The van der Waals surface area contributed by atoms with Crippen molar-refractivity contribution in [2.45, 2.75) is 38.1 Å². The van der Waals surface area contributed by atoms with E-state index in [0.29, 0.717) is 0 Å². The summed E-state index contributed by atoms with van der Waals surface area (Å²) in [6.07, 6.45) is 5.35. The highest BCUT2D eigenvalue weighted by molar-refractivity contribution is 6.76. The van der Waals surface area contributed by atoms with Gasteiger partial charge in [-0.1, -0.05) is 37.9 Å². The number of esters is 2. The number of ether oxygens (including phenoxy) is 2. The first-order valence-electron chi connectivity index (χ1n) is 6.88. The Hall–Kier alpha value is -1.96. The van der Waals surface area contributed by atoms with Crippen molar-refractivity contribution >= 4 is 20.0 Å². The average molecular weight is 329 g/mol. The largest absolute Gasteiger partial charge is 0.466 e. The maximum atomic E-state index is 11.7. The number of carbonyl (C=O) groups is 2. The van der Waals surface area contributed by atoms with E-state index in [1.54, 1.807) is 0 Å². The molecule has 0 radical (unpaired) electrons. The molecule has 0 rings (SSSR count). The van der Waals surface area contributed by atoms with Gasteiger partial charge in [0.1, 0.15) is 0 Å². The average Bonchev–Trinajstić information content (AvgIpc) is 2.40. The van der Waals surface area contributed by atoms with Crippen LogP contribution in [0, 0.1) is 10.1 Å². The van der Waals surface area contributed by atoms with Crippen molar-refractivity contribution in [2.75, 3.05) is 13.7 Å². The summed E-state index contributed by atoms with van der Waals surface area (Å²) in [5.41, 5.74) is 0. The standard InChI is InChI=1S/C14H23NO6Si/c1-20-13(16)9-7-5-6-8-12(15(18)19)14(17)21-10-11-22(2,3)4/h5-7,9,12H,8,10-11H2,1-4H3/b6-5+,9-7+. The zero-order valence-electron chi connectivity index (χ0n) is 13.4. The Kier molecular flexibility index (Phi) is 9.00. The second-order valence-electron chi connectivity index (χ2n) is 5.83. The molecular weight excluding hydrogens is 306 g/mol. The molecule has 0 fully saturated rings. The number of hydrogen-bond donors (Lipinski definition) is 0. The Bertz CT molecular complexity index is 453. The van der Waals surface area contributed by atoms with E-state index in [1.807, 2.05) is 0 Å². The summed E-state index contributed by atoms with van der Waals surface area (Å²) in [5.74, 6) is -1.36. The molecule has 0 N–H and O–H groups in total. The molecule has 124 valence electrons. The zero-order chi connectivity index (χ0) is 17.2. The minimum absolute atomic E-state index is 0.0930. The first-order valence-corrected chi connectivity index (χ1v) is 10.6. The van der Waals surface area contributed by atoms with Crippen molar-refractivity contribution in [1.82, 2.24) is 0 Å². The van der Waals surface area contributed by atoms with Gasteiger partial charge in [0.25, 0.3) is 0 Å². The highest BCUT2D eigenvalue weighted by Crippen LogP contribution is 2.09. The molecule has 8 heteroatoms. The number of nitro groups is 1. The maximum absolute atomic E-state index is 11.7. The van der Waals surface area contributed by atoms with Gasteiger partial charge in [0.05, 0.1) is 13.7 Å². The summed E-state index contributed by atoms with van der Waals surface area (Å²) < 4.78 is 9.37. The van der Waals surface area contributed by atoms with E-state index < -0.39 is 31.0 Å². The molecule has 0 aromatic rings. The Morgan fingerprint density at radius 3 is 2.41 bits per heavy atom. The molecule has 1 atom stereocenters. The van der Waals surface area contributed by atoms with Crippen LogP contribution in [0.1, 0.15) is 6.42 Å². The number of rotatable bonds is 9. The molecule has 0 aliphatic rings. The van der Waals surface area contributed by atoms with Crippen LogP contribution in [-0.4, -0.2) is 44.7 Å². The predicted molar refractivity (Wildman–Crippen MR) is 84.8 cm³/mol. The molecule has 0 amide bonds. The Balaban J connectivity index is 4.39. The summed E-state index contributed by atoms with van der Waals surface area (Å²) in [5, 5.41) is 10.9. The van der Waals surface area contributed by atoms with Gasteiger partial charge in [0.2, 0.25) is 0 Å². The van der Waals surface area contributed by atoms with E-state index >= 15 is 0 Å². The van der Waals surface area contributed by atoms with Gasteiger partial charge in [0, 0.05) is 25.5 Å². The molecule has 1 unspecified atom stereocenters. The van der Waals surface area contributed by atoms with E-state index in [0.717, 1.165) is 6.04 Å². The van der Waals surface area contributed by atoms with E-state index in [4.69, 9.17) is 4.74 Å². The van der Waals surface area contributed by atoms with Crippen molar-refractivity contribution in [3.05, 3.63) is 34.4 Å². The molecule has 0 spiro atoms. The first kappa shape index (κ1) is 20.0. The fourth-order valence-corrected chi connectivity index (χ4v) is 2.02. The van der Waals surface area contributed by atoms with Crippen LogP contribution < -0.4 is 0 Å². The number of hydrogen-bond acceptors (Lipinski definition) is 6. The van der Waals surface area contributed by atoms with Crippen LogP contribution in [0.2, 0.25) is 25.7 Å². The van der Waals surface area contributed by atoms with Crippen LogP contribution in [0.15, 0.2) is 24.3 Å². The summed E-state index contributed by atoms with van der Waals surface area (Å²) >= 11 is 0. The number of carbonyl (C=O) groups excluding carboxylic acids is 2. The molecule has 0 aromatic heterocycles. The van der Waals surface area contributed by atoms with Crippen LogP contribution in [0.25, 0.3) is 0 Å². The lowest BCUT2D eigenvalue weighted by Gasteiger charge is -2.15. The molecule has 0 aromatic carbocycles. The number of methoxy groups -OCH3 is 1. The third-order valence-electron chi connectivity index (χ3n) is 2.66. The SMILES string of the molecule is COC(=O)/C=C/C=C/CC(C(=O)OCC[Si](C)(C)C)[N+](=O)[O-]. The normalized spacial score (nSPS) is 13.3. The van der Waals surface area contributed by atoms with Crippen LogP contribution in [0.5, 0.6) is 0 Å². The number of nitrogens with zero attached hydrogens (tertiary/aromatic N) is 1. The fraction of sp³-hybridized carbons (Fsp3) is 0.571. The molecule has 0 aliphatic heterocycles. The Labute approximate surface area is 131 Å². The minimum Gasteiger partial charge on any atom is -0.466 e. The Morgan fingerprint density at radius 2 is 1.91 bits per heavy atom. The third kappa shape index (κ3) is 9.86. The van der Waals surface area contributed by atoms with Crippen molar-refractivity contribution in [2.24, 2.45) is 0 Å². The summed E-state index contributed by atoms with van der Waals surface area (Å²) in [6.45, 7) is 6.59. The van der Waals surface area contributed by atoms with Crippen molar-refractivity contribution < 1.29 is 24.0 Å². The summed E-state index contributed by atoms with van der Waals surface area (Å²) in [7, 11) is -0.105. The lowest BCUT2D eigenvalue weighted by atomic mass is 10.2. The van der Waals surface area contributed by atoms with Gasteiger partial charge in [-0.15, -0.1) is 0 Å². The van der Waals surface area contributed by atoms with Gasteiger partial charge < -0.3 is 9.47 Å². The van der Waals surface area contributed by atoms with Crippen LogP contribution in [0.3, 0.4) is 0 Å². The predicted octanol–water partition coefficient (Wildman–Crippen LogP) is 2.19. The highest BCUT2D eigenvalue weighted by atomic mass is 28.3. The van der Waals surface area contributed by atoms with Crippen LogP contribution >= 0.6 is 0 Å². The van der Waals surface area contributed by atoms with E-state index in [-0.39, 0.29) is 13.0 Å². The van der Waals surface area contributed by atoms with Crippen LogP contribution in [0.4, 0.5) is 0 Å². The Morgan fingerprint density at radius 1 is 1.27 bits per heavy atom.